The molecule has 0 fully saturated rings. The van der Waals surface area contributed by atoms with Crippen LogP contribution in [-0.2, 0) is 9.47 Å². The third-order valence-corrected chi connectivity index (χ3v) is 2.52. The minimum absolute atomic E-state index is 0.758. The summed E-state index contributed by atoms with van der Waals surface area (Å²) in [6.45, 7) is 9.25. The zero-order valence-electron chi connectivity index (χ0n) is 12.8. The first-order valence-corrected chi connectivity index (χ1v) is 7.44. The highest BCUT2D eigenvalue weighted by Crippen LogP contribution is 1.89. The van der Waals surface area contributed by atoms with Crippen LogP contribution in [0.15, 0.2) is 4.99 Å². The van der Waals surface area contributed by atoms with Gasteiger partial charge in [-0.25, -0.2) is 0 Å². The van der Waals surface area contributed by atoms with Gasteiger partial charge in [0.15, 0.2) is 5.96 Å². The van der Waals surface area contributed by atoms with E-state index in [2.05, 4.69) is 29.5 Å². The van der Waals surface area contributed by atoms with Crippen LogP contribution in [0.5, 0.6) is 0 Å². The molecule has 0 aliphatic heterocycles. The average molecular weight is 273 g/mol. The van der Waals surface area contributed by atoms with Crippen molar-refractivity contribution in [1.82, 2.24) is 10.6 Å². The molecule has 0 aromatic carbocycles. The Hall–Kier alpha value is -0.810. The molecule has 0 aromatic rings. The lowest BCUT2D eigenvalue weighted by atomic mass is 10.4. The van der Waals surface area contributed by atoms with Crippen LogP contribution < -0.4 is 10.6 Å². The molecule has 2 N–H and O–H groups in total. The summed E-state index contributed by atoms with van der Waals surface area (Å²) in [4.78, 5) is 4.47. The molecule has 0 aliphatic carbocycles. The summed E-state index contributed by atoms with van der Waals surface area (Å²) in [5.74, 6) is 0.882. The van der Waals surface area contributed by atoms with Gasteiger partial charge in [0.1, 0.15) is 0 Å². The monoisotopic (exact) mass is 273 g/mol. The molecule has 0 spiro atoms. The molecule has 0 bridgehead atoms. The normalized spacial score (nSPS) is 11.6. The van der Waals surface area contributed by atoms with Crippen LogP contribution in [0.2, 0.25) is 0 Å². The second-order valence-corrected chi connectivity index (χ2v) is 4.35. The molecule has 5 heteroatoms. The van der Waals surface area contributed by atoms with Gasteiger partial charge in [0.05, 0.1) is 0 Å². The number of rotatable bonds is 12. The Morgan fingerprint density at radius 1 is 1.00 bits per heavy atom. The Bertz CT molecular complexity index is 211. The number of nitrogens with one attached hydrogen (secondary N) is 2. The lowest BCUT2D eigenvalue weighted by molar-refractivity contribution is 0.129. The molecule has 0 radical (unpaired) electrons. The summed E-state index contributed by atoms with van der Waals surface area (Å²) in [6.07, 6.45) is 4.30. The number of methoxy groups -OCH3 is 1. The van der Waals surface area contributed by atoms with Gasteiger partial charge in [0.25, 0.3) is 0 Å². The average Bonchev–Trinajstić information content (AvgIpc) is 2.42. The molecule has 0 heterocycles. The number of ether oxygens (including phenoxy) is 2. The van der Waals surface area contributed by atoms with E-state index in [9.17, 15) is 0 Å². The van der Waals surface area contributed by atoms with Crippen molar-refractivity contribution >= 4 is 5.96 Å². The van der Waals surface area contributed by atoms with E-state index in [0.29, 0.717) is 0 Å². The van der Waals surface area contributed by atoms with Gasteiger partial charge in [0, 0.05) is 46.6 Å². The fourth-order valence-electron chi connectivity index (χ4n) is 1.47. The van der Waals surface area contributed by atoms with Gasteiger partial charge >= 0.3 is 0 Å². The Morgan fingerprint density at radius 2 is 1.79 bits per heavy atom. The first kappa shape index (κ1) is 18.2. The van der Waals surface area contributed by atoms with Crippen LogP contribution in [0.4, 0.5) is 0 Å². The van der Waals surface area contributed by atoms with Crippen LogP contribution in [0, 0.1) is 0 Å². The number of hydrogen-bond acceptors (Lipinski definition) is 3. The second-order valence-electron chi connectivity index (χ2n) is 4.35. The van der Waals surface area contributed by atoms with Crippen molar-refractivity contribution in [3.05, 3.63) is 0 Å². The van der Waals surface area contributed by atoms with E-state index in [1.165, 1.54) is 6.42 Å². The highest BCUT2D eigenvalue weighted by Gasteiger charge is 1.96. The molecule has 0 saturated heterocycles. The topological polar surface area (TPSA) is 54.9 Å². The zero-order chi connectivity index (χ0) is 14.2. The molecule has 0 atom stereocenters. The molecule has 0 amide bonds. The van der Waals surface area contributed by atoms with Crippen molar-refractivity contribution in [3.8, 4) is 0 Å². The van der Waals surface area contributed by atoms with Crippen LogP contribution in [0.1, 0.15) is 39.5 Å². The van der Waals surface area contributed by atoms with Crippen molar-refractivity contribution in [2.24, 2.45) is 4.99 Å². The van der Waals surface area contributed by atoms with Gasteiger partial charge in [-0.15, -0.1) is 0 Å². The molecule has 0 aliphatic rings. The maximum atomic E-state index is 5.51. The summed E-state index contributed by atoms with van der Waals surface area (Å²) in [5.41, 5.74) is 0. The maximum Gasteiger partial charge on any atom is 0.191 e. The van der Waals surface area contributed by atoms with E-state index in [-0.39, 0.29) is 0 Å². The molecule has 19 heavy (non-hydrogen) atoms. The zero-order valence-corrected chi connectivity index (χ0v) is 12.8. The van der Waals surface area contributed by atoms with Crippen molar-refractivity contribution in [3.63, 3.8) is 0 Å². The summed E-state index contributed by atoms with van der Waals surface area (Å²) in [6, 6.07) is 0. The first-order chi connectivity index (χ1) is 9.35. The molecule has 0 saturated carbocycles. The molecular weight excluding hydrogens is 242 g/mol. The maximum absolute atomic E-state index is 5.51. The van der Waals surface area contributed by atoms with Gasteiger partial charge < -0.3 is 20.1 Å². The van der Waals surface area contributed by atoms with E-state index in [0.717, 1.165) is 64.7 Å². The third-order valence-electron chi connectivity index (χ3n) is 2.52. The predicted octanol–water partition coefficient (Wildman–Crippen LogP) is 1.78. The van der Waals surface area contributed by atoms with Crippen molar-refractivity contribution in [1.29, 1.82) is 0 Å². The molecule has 0 aromatic heterocycles. The van der Waals surface area contributed by atoms with Crippen LogP contribution in [0.3, 0.4) is 0 Å². The van der Waals surface area contributed by atoms with Crippen molar-refractivity contribution in [2.75, 3.05) is 46.6 Å². The van der Waals surface area contributed by atoms with Crippen molar-refractivity contribution < 1.29 is 9.47 Å². The highest BCUT2D eigenvalue weighted by atomic mass is 16.5. The van der Waals surface area contributed by atoms with E-state index < -0.39 is 0 Å². The predicted molar refractivity (Wildman–Crippen MR) is 80.8 cm³/mol. The fourth-order valence-corrected chi connectivity index (χ4v) is 1.47. The molecule has 0 rings (SSSR count). The third kappa shape index (κ3) is 13.4. The van der Waals surface area contributed by atoms with E-state index in [4.69, 9.17) is 9.47 Å². The van der Waals surface area contributed by atoms with Gasteiger partial charge in [-0.05, 0) is 26.2 Å². The first-order valence-electron chi connectivity index (χ1n) is 7.44. The van der Waals surface area contributed by atoms with E-state index in [1.54, 1.807) is 7.11 Å². The fraction of sp³-hybridized carbons (Fsp3) is 0.929. The number of hydrogen-bond donors (Lipinski definition) is 2. The summed E-state index contributed by atoms with van der Waals surface area (Å²) >= 11 is 0. The lowest BCUT2D eigenvalue weighted by Gasteiger charge is -2.11. The van der Waals surface area contributed by atoms with Crippen LogP contribution >= 0.6 is 0 Å². The molecule has 114 valence electrons. The SMILES string of the molecule is CCCCOCCCNC(=NCCCOC)NCC. The Balaban J connectivity index is 3.58. The highest BCUT2D eigenvalue weighted by molar-refractivity contribution is 5.79. The molecular formula is C14H31N3O2. The van der Waals surface area contributed by atoms with Crippen molar-refractivity contribution in [2.45, 2.75) is 39.5 Å². The standard InChI is InChI=1S/C14H31N3O2/c1-4-6-12-19-13-8-10-17-14(15-5-2)16-9-7-11-18-3/h4-13H2,1-3H3,(H2,15,16,17). The number of nitrogens with zero attached hydrogens (tertiary/aromatic N) is 1. The van der Waals surface area contributed by atoms with E-state index >= 15 is 0 Å². The van der Waals surface area contributed by atoms with Gasteiger partial charge in [0.2, 0.25) is 0 Å². The Morgan fingerprint density at radius 3 is 2.47 bits per heavy atom. The van der Waals surface area contributed by atoms with E-state index in [1.807, 2.05) is 0 Å². The quantitative estimate of drug-likeness (QED) is 0.323. The Kier molecular flexibility index (Phi) is 14.6. The lowest BCUT2D eigenvalue weighted by Crippen LogP contribution is -2.38. The number of unbranched alkanes of at least 4 members (excludes halogenated alkanes) is 1. The minimum Gasteiger partial charge on any atom is -0.385 e. The summed E-state index contributed by atoms with van der Waals surface area (Å²) in [5, 5.41) is 6.53. The van der Waals surface area contributed by atoms with Crippen LogP contribution in [0.25, 0.3) is 0 Å². The smallest absolute Gasteiger partial charge is 0.191 e. The van der Waals surface area contributed by atoms with Gasteiger partial charge in [-0.2, -0.15) is 0 Å². The summed E-state index contributed by atoms with van der Waals surface area (Å²) < 4.78 is 10.5. The van der Waals surface area contributed by atoms with Crippen LogP contribution in [-0.4, -0.2) is 52.5 Å². The van der Waals surface area contributed by atoms with Gasteiger partial charge in [-0.1, -0.05) is 13.3 Å². The molecule has 5 nitrogen and oxygen atoms in total. The minimum atomic E-state index is 0.758. The van der Waals surface area contributed by atoms with Gasteiger partial charge in [-0.3, -0.25) is 4.99 Å². The molecule has 0 unspecified atom stereocenters. The summed E-state index contributed by atoms with van der Waals surface area (Å²) in [7, 11) is 1.71. The largest absolute Gasteiger partial charge is 0.385 e. The Labute approximate surface area is 118 Å². The number of guanidine groups is 1. The number of aliphatic imine (C=N–C) groups is 1. The second kappa shape index (κ2) is 15.2.